The molecule has 0 aliphatic heterocycles. The highest BCUT2D eigenvalue weighted by atomic mass is 35.5. The molecule has 2 unspecified atom stereocenters. The summed E-state index contributed by atoms with van der Waals surface area (Å²) < 4.78 is 0. The van der Waals surface area contributed by atoms with Crippen LogP contribution in [0.4, 0.5) is 0 Å². The molecule has 0 rings (SSSR count). The van der Waals surface area contributed by atoms with E-state index in [0.717, 1.165) is 0 Å². The number of halogens is 3. The first-order valence-corrected chi connectivity index (χ1v) is 4.82. The van der Waals surface area contributed by atoms with Gasteiger partial charge in [0, 0.05) is 5.88 Å². The number of carbonyl (C=O) groups is 1. The Balaban J connectivity index is 4.44. The molecule has 0 aromatic rings. The van der Waals surface area contributed by atoms with Crippen molar-refractivity contribution < 1.29 is 9.90 Å². The number of hydrogen-bond acceptors (Lipinski definition) is 1. The molecule has 0 aromatic heterocycles. The quantitative estimate of drug-likeness (QED) is 0.758. The molecule has 2 atom stereocenters. The van der Waals surface area contributed by atoms with Gasteiger partial charge in [0.1, 0.15) is 0 Å². The minimum Gasteiger partial charge on any atom is -0.481 e. The van der Waals surface area contributed by atoms with Crippen LogP contribution in [-0.4, -0.2) is 27.7 Å². The standard InChI is InChI=1S/C7H11Cl3O2/c1-7(2,6(11)12)5(10)4(9)3-8/h4-5H,3H2,1-2H3,(H,11,12). The van der Waals surface area contributed by atoms with Gasteiger partial charge in [0.15, 0.2) is 0 Å². The van der Waals surface area contributed by atoms with E-state index in [0.29, 0.717) is 0 Å². The van der Waals surface area contributed by atoms with Crippen LogP contribution >= 0.6 is 34.8 Å². The van der Waals surface area contributed by atoms with Crippen LogP contribution in [0.1, 0.15) is 13.8 Å². The van der Waals surface area contributed by atoms with E-state index < -0.39 is 22.1 Å². The van der Waals surface area contributed by atoms with Crippen LogP contribution in [0.5, 0.6) is 0 Å². The SMILES string of the molecule is CC(C)(C(=O)O)C(Cl)C(Cl)CCl. The van der Waals surface area contributed by atoms with Gasteiger partial charge in [-0.15, -0.1) is 34.8 Å². The molecule has 12 heavy (non-hydrogen) atoms. The average Bonchev–Trinajstić information content (AvgIpc) is 2.01. The minimum absolute atomic E-state index is 0.145. The zero-order valence-electron chi connectivity index (χ0n) is 6.85. The van der Waals surface area contributed by atoms with Crippen molar-refractivity contribution in [1.82, 2.24) is 0 Å². The van der Waals surface area contributed by atoms with Crippen LogP contribution in [0.25, 0.3) is 0 Å². The maximum Gasteiger partial charge on any atom is 0.310 e. The van der Waals surface area contributed by atoms with Gasteiger partial charge in [-0.05, 0) is 13.8 Å². The molecular formula is C7H11Cl3O2. The summed E-state index contributed by atoms with van der Waals surface area (Å²) in [6.07, 6.45) is 0. The summed E-state index contributed by atoms with van der Waals surface area (Å²) >= 11 is 17.0. The second kappa shape index (κ2) is 4.54. The highest BCUT2D eigenvalue weighted by Crippen LogP contribution is 2.31. The second-order valence-electron chi connectivity index (χ2n) is 3.10. The smallest absolute Gasteiger partial charge is 0.310 e. The molecule has 0 aliphatic carbocycles. The Morgan fingerprint density at radius 1 is 1.50 bits per heavy atom. The molecular weight excluding hydrogens is 222 g/mol. The largest absolute Gasteiger partial charge is 0.481 e. The first kappa shape index (κ1) is 12.3. The van der Waals surface area contributed by atoms with E-state index in [-0.39, 0.29) is 5.88 Å². The Bertz CT molecular complexity index is 170. The van der Waals surface area contributed by atoms with Gasteiger partial charge in [-0.2, -0.15) is 0 Å². The van der Waals surface area contributed by atoms with Gasteiger partial charge in [0.2, 0.25) is 0 Å². The van der Waals surface area contributed by atoms with Crippen molar-refractivity contribution in [3.63, 3.8) is 0 Å². The fourth-order valence-corrected chi connectivity index (χ4v) is 1.42. The molecule has 0 aliphatic rings. The third-order valence-corrected chi connectivity index (χ3v) is 3.58. The van der Waals surface area contributed by atoms with Gasteiger partial charge in [0.05, 0.1) is 16.2 Å². The number of carboxylic acid groups (broad SMARTS) is 1. The van der Waals surface area contributed by atoms with Crippen molar-refractivity contribution in [2.24, 2.45) is 5.41 Å². The zero-order valence-corrected chi connectivity index (χ0v) is 9.12. The van der Waals surface area contributed by atoms with Crippen LogP contribution < -0.4 is 0 Å². The number of hydrogen-bond donors (Lipinski definition) is 1. The first-order valence-electron chi connectivity index (χ1n) is 3.41. The lowest BCUT2D eigenvalue weighted by Crippen LogP contribution is -2.39. The van der Waals surface area contributed by atoms with Gasteiger partial charge in [-0.3, -0.25) is 4.79 Å². The third kappa shape index (κ3) is 2.68. The molecule has 0 heterocycles. The summed E-state index contributed by atoms with van der Waals surface area (Å²) in [5.41, 5.74) is -1.05. The predicted octanol–water partition coefficient (Wildman–Crippen LogP) is 2.55. The van der Waals surface area contributed by atoms with E-state index in [1.165, 1.54) is 13.8 Å². The molecule has 0 amide bonds. The van der Waals surface area contributed by atoms with Gasteiger partial charge >= 0.3 is 5.97 Å². The lowest BCUT2D eigenvalue weighted by molar-refractivity contribution is -0.146. The fraction of sp³-hybridized carbons (Fsp3) is 0.857. The van der Waals surface area contributed by atoms with E-state index in [9.17, 15) is 4.79 Å². The second-order valence-corrected chi connectivity index (χ2v) is 4.44. The van der Waals surface area contributed by atoms with E-state index in [2.05, 4.69) is 0 Å². The van der Waals surface area contributed by atoms with Crippen LogP contribution in [0.15, 0.2) is 0 Å². The molecule has 0 radical (unpaired) electrons. The average molecular weight is 234 g/mol. The van der Waals surface area contributed by atoms with Crippen molar-refractivity contribution in [3.8, 4) is 0 Å². The van der Waals surface area contributed by atoms with Crippen LogP contribution in [-0.2, 0) is 4.79 Å². The molecule has 1 N–H and O–H groups in total. The number of rotatable bonds is 4. The molecule has 2 nitrogen and oxygen atoms in total. The topological polar surface area (TPSA) is 37.3 Å². The van der Waals surface area contributed by atoms with Gasteiger partial charge in [-0.1, -0.05) is 0 Å². The Kier molecular flexibility index (Phi) is 4.67. The monoisotopic (exact) mass is 232 g/mol. The molecule has 0 aromatic carbocycles. The molecule has 0 fully saturated rings. The normalized spacial score (nSPS) is 17.1. The molecule has 0 saturated carbocycles. The molecule has 0 saturated heterocycles. The summed E-state index contributed by atoms with van der Waals surface area (Å²) in [5.74, 6) is -0.829. The first-order chi connectivity index (χ1) is 5.34. The Labute approximate surface area is 86.8 Å². The molecule has 0 bridgehead atoms. The lowest BCUT2D eigenvalue weighted by atomic mass is 9.87. The Morgan fingerprint density at radius 2 is 1.92 bits per heavy atom. The highest BCUT2D eigenvalue weighted by Gasteiger charge is 2.39. The van der Waals surface area contributed by atoms with E-state index in [1.807, 2.05) is 0 Å². The van der Waals surface area contributed by atoms with Crippen LogP contribution in [0, 0.1) is 5.41 Å². The molecule has 0 spiro atoms. The Hall–Kier alpha value is 0.340. The lowest BCUT2D eigenvalue weighted by Gasteiger charge is -2.27. The minimum atomic E-state index is -1.05. The molecule has 5 heteroatoms. The summed E-state index contributed by atoms with van der Waals surface area (Å²) in [6, 6.07) is 0. The van der Waals surface area contributed by atoms with E-state index >= 15 is 0 Å². The third-order valence-electron chi connectivity index (χ3n) is 1.71. The van der Waals surface area contributed by atoms with E-state index in [1.54, 1.807) is 0 Å². The van der Waals surface area contributed by atoms with Crippen molar-refractivity contribution >= 4 is 40.8 Å². The Morgan fingerprint density at radius 3 is 2.17 bits per heavy atom. The molecule has 72 valence electrons. The van der Waals surface area contributed by atoms with Crippen molar-refractivity contribution in [2.75, 3.05) is 5.88 Å². The summed E-state index contributed by atoms with van der Waals surface area (Å²) in [5, 5.41) is 7.57. The van der Waals surface area contributed by atoms with Crippen molar-refractivity contribution in [2.45, 2.75) is 24.6 Å². The maximum atomic E-state index is 10.7. The fourth-order valence-electron chi connectivity index (χ4n) is 0.648. The number of alkyl halides is 3. The highest BCUT2D eigenvalue weighted by molar-refractivity contribution is 6.34. The zero-order chi connectivity index (χ0) is 9.94. The number of carboxylic acids is 1. The van der Waals surface area contributed by atoms with Gasteiger partial charge in [0.25, 0.3) is 0 Å². The summed E-state index contributed by atoms with van der Waals surface area (Å²) in [4.78, 5) is 10.7. The summed E-state index contributed by atoms with van der Waals surface area (Å²) in [7, 11) is 0. The van der Waals surface area contributed by atoms with Crippen LogP contribution in [0.3, 0.4) is 0 Å². The maximum absolute atomic E-state index is 10.7. The van der Waals surface area contributed by atoms with Crippen LogP contribution in [0.2, 0.25) is 0 Å². The van der Waals surface area contributed by atoms with Gasteiger partial charge in [-0.25, -0.2) is 0 Å². The van der Waals surface area contributed by atoms with Crippen molar-refractivity contribution in [1.29, 1.82) is 0 Å². The van der Waals surface area contributed by atoms with E-state index in [4.69, 9.17) is 39.9 Å². The van der Waals surface area contributed by atoms with Gasteiger partial charge < -0.3 is 5.11 Å². The number of aliphatic carboxylic acids is 1. The van der Waals surface area contributed by atoms with Crippen molar-refractivity contribution in [3.05, 3.63) is 0 Å². The predicted molar refractivity (Wildman–Crippen MR) is 51.4 cm³/mol. The summed E-state index contributed by atoms with van der Waals surface area (Å²) in [6.45, 7) is 3.05.